The molecule has 0 unspecified atom stereocenters. The van der Waals surface area contributed by atoms with E-state index in [1.54, 1.807) is 6.08 Å². The Kier molecular flexibility index (Phi) is 5.97. The molecule has 0 atom stereocenters. The molecule has 0 aromatic heterocycles. The maximum absolute atomic E-state index is 5.25. The maximum atomic E-state index is 5.25. The van der Waals surface area contributed by atoms with Crippen molar-refractivity contribution in [2.75, 3.05) is 19.8 Å². The van der Waals surface area contributed by atoms with E-state index < -0.39 is 0 Å². The molecule has 0 spiro atoms. The number of hydrogen-bond acceptors (Lipinski definition) is 3. The average Bonchev–Trinajstić information content (AvgIpc) is 1.90. The van der Waals surface area contributed by atoms with Gasteiger partial charge in [-0.1, -0.05) is 0 Å². The third kappa shape index (κ3) is 4.21. The number of hydrogen-bond donors (Lipinski definition) is 1. The van der Waals surface area contributed by atoms with Crippen molar-refractivity contribution in [3.05, 3.63) is 12.0 Å². The number of rotatable bonds is 5. The quantitative estimate of drug-likeness (QED) is 0.583. The lowest BCUT2D eigenvalue weighted by Gasteiger charge is -2.07. The molecule has 0 aliphatic carbocycles. The molecule has 0 aromatic rings. The van der Waals surface area contributed by atoms with Crippen LogP contribution in [0.15, 0.2) is 12.0 Å². The Morgan fingerprint density at radius 1 is 1.30 bits per heavy atom. The van der Waals surface area contributed by atoms with Gasteiger partial charge in [-0.2, -0.15) is 0 Å². The molecular weight excluding hydrogens is 130 g/mol. The van der Waals surface area contributed by atoms with Crippen molar-refractivity contribution in [3.8, 4) is 0 Å². The lowest BCUT2D eigenvalue weighted by atomic mass is 10.6. The van der Waals surface area contributed by atoms with E-state index in [0.717, 1.165) is 0 Å². The van der Waals surface area contributed by atoms with Gasteiger partial charge in [-0.3, -0.25) is 0 Å². The van der Waals surface area contributed by atoms with Gasteiger partial charge >= 0.3 is 0 Å². The molecule has 10 heavy (non-hydrogen) atoms. The topological polar surface area (TPSA) is 44.5 Å². The fraction of sp³-hybridized carbons (Fsp3) is 0.714. The van der Waals surface area contributed by atoms with Crippen LogP contribution in [0.1, 0.15) is 13.8 Å². The summed E-state index contributed by atoms with van der Waals surface area (Å²) in [7, 11) is 0. The highest BCUT2D eigenvalue weighted by atomic mass is 16.7. The molecule has 0 bridgehead atoms. The van der Waals surface area contributed by atoms with E-state index in [2.05, 4.69) is 0 Å². The summed E-state index contributed by atoms with van der Waals surface area (Å²) in [6.45, 7) is 5.50. The third-order valence-electron chi connectivity index (χ3n) is 0.858. The Morgan fingerprint density at radius 3 is 2.10 bits per heavy atom. The standard InChI is InChI=1S/C7H15NO2/c1-3-9-7(5-6-8)10-4-2/h5H,3-4,6,8H2,1-2H3. The second-order valence-electron chi connectivity index (χ2n) is 1.62. The minimum absolute atomic E-state index is 0.454. The monoisotopic (exact) mass is 145 g/mol. The van der Waals surface area contributed by atoms with Crippen molar-refractivity contribution in [2.45, 2.75) is 13.8 Å². The first-order valence-electron chi connectivity index (χ1n) is 3.50. The van der Waals surface area contributed by atoms with E-state index >= 15 is 0 Å². The van der Waals surface area contributed by atoms with Gasteiger partial charge in [-0.25, -0.2) is 0 Å². The molecule has 0 rings (SSSR count). The Labute approximate surface area is 61.8 Å². The van der Waals surface area contributed by atoms with Gasteiger partial charge in [0.05, 0.1) is 13.2 Å². The van der Waals surface area contributed by atoms with Gasteiger partial charge in [0, 0.05) is 12.6 Å². The zero-order chi connectivity index (χ0) is 7.82. The first-order valence-corrected chi connectivity index (χ1v) is 3.50. The second kappa shape index (κ2) is 6.42. The van der Waals surface area contributed by atoms with E-state index in [4.69, 9.17) is 15.2 Å². The third-order valence-corrected chi connectivity index (χ3v) is 0.858. The SMILES string of the molecule is CCOC(=CCN)OCC. The van der Waals surface area contributed by atoms with E-state index in [-0.39, 0.29) is 0 Å². The Balaban J connectivity index is 3.60. The van der Waals surface area contributed by atoms with Crippen molar-refractivity contribution in [1.82, 2.24) is 0 Å². The van der Waals surface area contributed by atoms with Gasteiger partial charge in [-0.15, -0.1) is 0 Å². The Hall–Kier alpha value is -0.700. The average molecular weight is 145 g/mol. The van der Waals surface area contributed by atoms with Crippen molar-refractivity contribution < 1.29 is 9.47 Å². The Morgan fingerprint density at radius 2 is 1.80 bits per heavy atom. The molecule has 0 aromatic carbocycles. The van der Waals surface area contributed by atoms with Crippen LogP contribution in [0, 0.1) is 0 Å². The van der Waals surface area contributed by atoms with Gasteiger partial charge in [0.1, 0.15) is 0 Å². The Bertz CT molecular complexity index is 93.8. The van der Waals surface area contributed by atoms with Crippen molar-refractivity contribution >= 4 is 0 Å². The molecule has 0 amide bonds. The molecule has 0 radical (unpaired) electrons. The summed E-state index contributed by atoms with van der Waals surface area (Å²) < 4.78 is 10.2. The molecule has 0 aliphatic heterocycles. The molecule has 3 heteroatoms. The summed E-state index contributed by atoms with van der Waals surface area (Å²) in [6, 6.07) is 0. The first-order chi connectivity index (χ1) is 4.85. The largest absolute Gasteiger partial charge is 0.466 e. The highest BCUT2D eigenvalue weighted by Gasteiger charge is 1.92. The molecule has 60 valence electrons. The first kappa shape index (κ1) is 9.30. The molecule has 2 N–H and O–H groups in total. The van der Waals surface area contributed by atoms with Crippen LogP contribution in [-0.2, 0) is 9.47 Å². The van der Waals surface area contributed by atoms with Gasteiger partial charge in [-0.05, 0) is 13.8 Å². The number of ether oxygens (including phenoxy) is 2. The van der Waals surface area contributed by atoms with E-state index in [0.29, 0.717) is 25.7 Å². The highest BCUT2D eigenvalue weighted by Crippen LogP contribution is 1.97. The van der Waals surface area contributed by atoms with Gasteiger partial charge < -0.3 is 15.2 Å². The molecule has 0 aliphatic rings. The minimum atomic E-state index is 0.454. The smallest absolute Gasteiger partial charge is 0.276 e. The summed E-state index contributed by atoms with van der Waals surface area (Å²) in [5.74, 6) is 0.535. The van der Waals surface area contributed by atoms with Crippen LogP contribution in [0.25, 0.3) is 0 Å². The van der Waals surface area contributed by atoms with Gasteiger partial charge in [0.15, 0.2) is 0 Å². The fourth-order valence-electron chi connectivity index (χ4n) is 0.540. The van der Waals surface area contributed by atoms with Gasteiger partial charge in [0.25, 0.3) is 5.95 Å². The zero-order valence-electron chi connectivity index (χ0n) is 6.59. The van der Waals surface area contributed by atoms with Crippen LogP contribution in [0.4, 0.5) is 0 Å². The van der Waals surface area contributed by atoms with Crippen molar-refractivity contribution in [2.24, 2.45) is 5.73 Å². The molecule has 0 saturated heterocycles. The van der Waals surface area contributed by atoms with Crippen LogP contribution in [0.5, 0.6) is 0 Å². The van der Waals surface area contributed by atoms with Crippen LogP contribution < -0.4 is 5.73 Å². The van der Waals surface area contributed by atoms with Crippen LogP contribution in [0.2, 0.25) is 0 Å². The summed E-state index contributed by atoms with van der Waals surface area (Å²) in [6.07, 6.45) is 1.72. The molecule has 0 heterocycles. The molecule has 3 nitrogen and oxygen atoms in total. The molecule has 0 saturated carbocycles. The van der Waals surface area contributed by atoms with Crippen LogP contribution in [0.3, 0.4) is 0 Å². The second-order valence-corrected chi connectivity index (χ2v) is 1.62. The van der Waals surface area contributed by atoms with Crippen LogP contribution in [-0.4, -0.2) is 19.8 Å². The summed E-state index contributed by atoms with van der Waals surface area (Å²) >= 11 is 0. The van der Waals surface area contributed by atoms with Crippen molar-refractivity contribution in [3.63, 3.8) is 0 Å². The number of nitrogens with two attached hydrogens (primary N) is 1. The predicted molar refractivity (Wildman–Crippen MR) is 40.4 cm³/mol. The summed E-state index contributed by atoms with van der Waals surface area (Å²) in [4.78, 5) is 0. The molecular formula is C7H15NO2. The van der Waals surface area contributed by atoms with E-state index in [1.165, 1.54) is 0 Å². The van der Waals surface area contributed by atoms with E-state index in [9.17, 15) is 0 Å². The fourth-order valence-corrected chi connectivity index (χ4v) is 0.540. The summed E-state index contributed by atoms with van der Waals surface area (Å²) in [5, 5.41) is 0. The van der Waals surface area contributed by atoms with Gasteiger partial charge in [0.2, 0.25) is 0 Å². The molecule has 0 fully saturated rings. The zero-order valence-corrected chi connectivity index (χ0v) is 6.59. The minimum Gasteiger partial charge on any atom is -0.466 e. The lowest BCUT2D eigenvalue weighted by molar-refractivity contribution is 0.0459. The normalized spacial score (nSPS) is 8.70. The highest BCUT2D eigenvalue weighted by molar-refractivity contribution is 4.84. The van der Waals surface area contributed by atoms with E-state index in [1.807, 2.05) is 13.8 Å². The van der Waals surface area contributed by atoms with Crippen molar-refractivity contribution in [1.29, 1.82) is 0 Å². The predicted octanol–water partition coefficient (Wildman–Crippen LogP) is 0.860. The van der Waals surface area contributed by atoms with Crippen LogP contribution >= 0.6 is 0 Å². The summed E-state index contributed by atoms with van der Waals surface area (Å²) in [5.41, 5.74) is 5.25. The lowest BCUT2D eigenvalue weighted by Crippen LogP contribution is -2.02. The maximum Gasteiger partial charge on any atom is 0.276 e.